The Labute approximate surface area is 192 Å². The zero-order chi connectivity index (χ0) is 23.2. The number of nitrogens with zero attached hydrogens (tertiary/aromatic N) is 4. The summed E-state index contributed by atoms with van der Waals surface area (Å²) in [6.07, 6.45) is 7.25. The first-order valence-electron chi connectivity index (χ1n) is 11.3. The molecule has 2 amide bonds. The van der Waals surface area contributed by atoms with Gasteiger partial charge in [0, 0.05) is 50.8 Å². The van der Waals surface area contributed by atoms with Crippen molar-refractivity contribution in [3.63, 3.8) is 0 Å². The van der Waals surface area contributed by atoms with Gasteiger partial charge in [-0.3, -0.25) is 14.4 Å². The Balaban J connectivity index is 1.38. The number of rotatable bonds is 7. The molecule has 1 atom stereocenters. The zero-order valence-electron chi connectivity index (χ0n) is 18.8. The number of likely N-dealkylation sites (tertiary alicyclic amines) is 1. The van der Waals surface area contributed by atoms with Gasteiger partial charge in [-0.05, 0) is 37.3 Å². The fourth-order valence-corrected chi connectivity index (χ4v) is 4.24. The smallest absolute Gasteiger partial charge is 0.255 e. The molecule has 4 rings (SSSR count). The standard InChI is InChI=1S/C25H29N5O3/c1-19-26-11-13-28(19)15-21-8-5-12-29(16-21)25(33)22-9-10-24(32)30(17-22)18-23(31)27-14-20-6-3-2-4-7-20/h2-4,6-7,9-11,13,17,21H,5,8,12,14-16,18H2,1H3,(H,27,31)/t21-/m0/s1. The normalized spacial score (nSPS) is 15.9. The van der Waals surface area contributed by atoms with Crippen LogP contribution in [-0.2, 0) is 24.4 Å². The summed E-state index contributed by atoms with van der Waals surface area (Å²) in [5.74, 6) is 0.932. The first-order chi connectivity index (χ1) is 16.0. The van der Waals surface area contributed by atoms with E-state index in [4.69, 9.17) is 0 Å². The van der Waals surface area contributed by atoms with E-state index in [1.807, 2.05) is 48.4 Å². The first-order valence-corrected chi connectivity index (χ1v) is 11.3. The number of amides is 2. The molecule has 0 bridgehead atoms. The SMILES string of the molecule is Cc1nccn1C[C@@H]1CCCN(C(=O)c2ccc(=O)n(CC(=O)NCc3ccccc3)c2)C1. The number of carbonyl (C=O) groups excluding carboxylic acids is 2. The summed E-state index contributed by atoms with van der Waals surface area (Å²) in [6.45, 7) is 4.41. The number of carbonyl (C=O) groups is 2. The molecule has 33 heavy (non-hydrogen) atoms. The van der Waals surface area contributed by atoms with E-state index in [1.54, 1.807) is 12.3 Å². The maximum atomic E-state index is 13.2. The molecule has 8 nitrogen and oxygen atoms in total. The molecule has 0 spiro atoms. The van der Waals surface area contributed by atoms with Crippen LogP contribution in [0.15, 0.2) is 65.8 Å². The van der Waals surface area contributed by atoms with Crippen molar-refractivity contribution in [2.24, 2.45) is 5.92 Å². The monoisotopic (exact) mass is 447 g/mol. The third kappa shape index (κ3) is 5.77. The van der Waals surface area contributed by atoms with E-state index in [0.717, 1.165) is 30.8 Å². The van der Waals surface area contributed by atoms with Crippen LogP contribution >= 0.6 is 0 Å². The molecule has 172 valence electrons. The maximum Gasteiger partial charge on any atom is 0.255 e. The fraction of sp³-hybridized carbons (Fsp3) is 0.360. The summed E-state index contributed by atoms with van der Waals surface area (Å²) in [5.41, 5.74) is 1.09. The average molecular weight is 448 g/mol. The van der Waals surface area contributed by atoms with Crippen LogP contribution in [0.4, 0.5) is 0 Å². The van der Waals surface area contributed by atoms with E-state index in [1.165, 1.54) is 16.8 Å². The third-order valence-corrected chi connectivity index (χ3v) is 6.06. The molecule has 3 aromatic rings. The third-order valence-electron chi connectivity index (χ3n) is 6.06. The minimum absolute atomic E-state index is 0.111. The van der Waals surface area contributed by atoms with E-state index in [-0.39, 0.29) is 23.9 Å². The molecule has 1 saturated heterocycles. The van der Waals surface area contributed by atoms with Crippen molar-refractivity contribution in [1.29, 1.82) is 0 Å². The Hall–Kier alpha value is -3.68. The van der Waals surface area contributed by atoms with Crippen molar-refractivity contribution in [2.75, 3.05) is 13.1 Å². The highest BCUT2D eigenvalue weighted by atomic mass is 16.2. The molecule has 0 radical (unpaired) electrons. The molecule has 1 N–H and O–H groups in total. The van der Waals surface area contributed by atoms with Crippen LogP contribution in [0.2, 0.25) is 0 Å². The van der Waals surface area contributed by atoms with E-state index in [2.05, 4.69) is 14.9 Å². The Morgan fingerprint density at radius 3 is 2.70 bits per heavy atom. The summed E-state index contributed by atoms with van der Waals surface area (Å²) < 4.78 is 3.41. The van der Waals surface area contributed by atoms with Gasteiger partial charge in [-0.1, -0.05) is 30.3 Å². The van der Waals surface area contributed by atoms with Crippen LogP contribution in [0, 0.1) is 12.8 Å². The predicted octanol–water partition coefficient (Wildman–Crippen LogP) is 2.22. The lowest BCUT2D eigenvalue weighted by molar-refractivity contribution is -0.121. The van der Waals surface area contributed by atoms with Crippen LogP contribution in [0.25, 0.3) is 0 Å². The zero-order valence-corrected chi connectivity index (χ0v) is 18.8. The minimum Gasteiger partial charge on any atom is -0.350 e. The molecule has 0 aliphatic carbocycles. The van der Waals surface area contributed by atoms with Crippen LogP contribution in [0.3, 0.4) is 0 Å². The molecule has 2 aromatic heterocycles. The lowest BCUT2D eigenvalue weighted by Crippen LogP contribution is -2.41. The lowest BCUT2D eigenvalue weighted by atomic mass is 9.97. The van der Waals surface area contributed by atoms with Crippen molar-refractivity contribution < 1.29 is 9.59 Å². The number of benzene rings is 1. The van der Waals surface area contributed by atoms with Gasteiger partial charge < -0.3 is 19.4 Å². The highest BCUT2D eigenvalue weighted by molar-refractivity contribution is 5.94. The van der Waals surface area contributed by atoms with Gasteiger partial charge in [0.05, 0.1) is 5.56 Å². The molecular formula is C25H29N5O3. The first kappa shape index (κ1) is 22.5. The van der Waals surface area contributed by atoms with Gasteiger partial charge in [-0.25, -0.2) is 4.98 Å². The Bertz CT molecular complexity index is 1170. The van der Waals surface area contributed by atoms with Gasteiger partial charge in [-0.2, -0.15) is 0 Å². The van der Waals surface area contributed by atoms with Gasteiger partial charge in [0.2, 0.25) is 5.91 Å². The molecule has 1 fully saturated rings. The van der Waals surface area contributed by atoms with Gasteiger partial charge in [0.15, 0.2) is 0 Å². The molecule has 0 unspecified atom stereocenters. The number of hydrogen-bond donors (Lipinski definition) is 1. The van der Waals surface area contributed by atoms with Gasteiger partial charge in [0.25, 0.3) is 11.5 Å². The molecule has 0 saturated carbocycles. The second-order valence-electron chi connectivity index (χ2n) is 8.53. The molecular weight excluding hydrogens is 418 g/mol. The number of piperidine rings is 1. The summed E-state index contributed by atoms with van der Waals surface area (Å²) in [6, 6.07) is 12.5. The van der Waals surface area contributed by atoms with Crippen molar-refractivity contribution in [2.45, 2.75) is 39.4 Å². The molecule has 1 aliphatic rings. The molecule has 1 aromatic carbocycles. The fourth-order valence-electron chi connectivity index (χ4n) is 4.24. The predicted molar refractivity (Wildman–Crippen MR) is 125 cm³/mol. The Kier molecular flexibility index (Phi) is 7.02. The largest absolute Gasteiger partial charge is 0.350 e. The summed E-state index contributed by atoms with van der Waals surface area (Å²) >= 11 is 0. The second kappa shape index (κ2) is 10.3. The van der Waals surface area contributed by atoms with Crippen LogP contribution < -0.4 is 10.9 Å². The van der Waals surface area contributed by atoms with Crippen LogP contribution in [-0.4, -0.2) is 43.9 Å². The van der Waals surface area contributed by atoms with E-state index >= 15 is 0 Å². The highest BCUT2D eigenvalue weighted by Crippen LogP contribution is 2.20. The van der Waals surface area contributed by atoms with E-state index in [9.17, 15) is 14.4 Å². The molecule has 1 aliphatic heterocycles. The van der Waals surface area contributed by atoms with Crippen LogP contribution in [0.1, 0.15) is 34.6 Å². The number of hydrogen-bond acceptors (Lipinski definition) is 4. The summed E-state index contributed by atoms with van der Waals surface area (Å²) in [5, 5.41) is 2.82. The quantitative estimate of drug-likeness (QED) is 0.602. The minimum atomic E-state index is -0.312. The average Bonchev–Trinajstić information content (AvgIpc) is 3.23. The van der Waals surface area contributed by atoms with Crippen molar-refractivity contribution in [1.82, 2.24) is 24.3 Å². The van der Waals surface area contributed by atoms with Gasteiger partial charge in [-0.15, -0.1) is 0 Å². The number of aromatic nitrogens is 3. The maximum absolute atomic E-state index is 13.2. The molecule has 8 heteroatoms. The summed E-state index contributed by atoms with van der Waals surface area (Å²) in [7, 11) is 0. The Morgan fingerprint density at radius 1 is 1.12 bits per heavy atom. The van der Waals surface area contributed by atoms with Crippen molar-refractivity contribution in [3.05, 3.63) is 88.4 Å². The number of aryl methyl sites for hydroxylation is 1. The summed E-state index contributed by atoms with van der Waals surface area (Å²) in [4.78, 5) is 43.9. The number of nitrogens with one attached hydrogen (secondary N) is 1. The number of imidazole rings is 1. The lowest BCUT2D eigenvalue weighted by Gasteiger charge is -2.33. The van der Waals surface area contributed by atoms with Gasteiger partial charge >= 0.3 is 0 Å². The van der Waals surface area contributed by atoms with Crippen molar-refractivity contribution >= 4 is 11.8 Å². The second-order valence-corrected chi connectivity index (χ2v) is 8.53. The molecule has 3 heterocycles. The number of pyridine rings is 1. The van der Waals surface area contributed by atoms with Crippen molar-refractivity contribution in [3.8, 4) is 0 Å². The van der Waals surface area contributed by atoms with E-state index < -0.39 is 0 Å². The van der Waals surface area contributed by atoms with Crippen LogP contribution in [0.5, 0.6) is 0 Å². The Morgan fingerprint density at radius 2 is 1.94 bits per heavy atom. The topological polar surface area (TPSA) is 89.2 Å². The van der Waals surface area contributed by atoms with E-state index in [0.29, 0.717) is 31.1 Å². The van der Waals surface area contributed by atoms with Gasteiger partial charge in [0.1, 0.15) is 12.4 Å². The highest BCUT2D eigenvalue weighted by Gasteiger charge is 2.25.